The van der Waals surface area contributed by atoms with Gasteiger partial charge in [-0.25, -0.2) is 4.79 Å². The molecule has 2 aromatic rings. The Morgan fingerprint density at radius 2 is 1.74 bits per heavy atom. The summed E-state index contributed by atoms with van der Waals surface area (Å²) >= 11 is 0. The summed E-state index contributed by atoms with van der Waals surface area (Å²) in [6.45, 7) is 4.35. The molecule has 0 unspecified atom stereocenters. The molecule has 0 radical (unpaired) electrons. The summed E-state index contributed by atoms with van der Waals surface area (Å²) in [5.74, 6) is 1.45. The Labute approximate surface area is 179 Å². The molecule has 0 spiro atoms. The van der Waals surface area contributed by atoms with Crippen LogP contribution in [0.5, 0.6) is 11.5 Å². The molecule has 1 aromatic heterocycles. The Hall–Kier alpha value is -3.34. The first-order chi connectivity index (χ1) is 14.8. The third-order valence-electron chi connectivity index (χ3n) is 5.43. The van der Waals surface area contributed by atoms with Gasteiger partial charge in [-0.3, -0.25) is 28.9 Å². The summed E-state index contributed by atoms with van der Waals surface area (Å²) in [6, 6.07) is 5.78. The lowest BCUT2D eigenvalue weighted by Gasteiger charge is -2.36. The molecule has 1 aliphatic heterocycles. The summed E-state index contributed by atoms with van der Waals surface area (Å²) in [7, 11) is 4.60. The topological polar surface area (TPSA) is 112 Å². The molecule has 1 aromatic carbocycles. The summed E-state index contributed by atoms with van der Waals surface area (Å²) in [4.78, 5) is 38.8. The largest absolute Gasteiger partial charge is 0.493 e. The SMILES string of the molecule is COc1cc([N+](=O)[O-])ccc1OCCCN1CCN(c2cc(=O)n(C)c(=O)n2C)CC1. The fraction of sp³-hybridized carbons (Fsp3) is 0.500. The smallest absolute Gasteiger partial charge is 0.332 e. The van der Waals surface area contributed by atoms with E-state index in [1.54, 1.807) is 13.1 Å². The Morgan fingerprint density at radius 3 is 2.39 bits per heavy atom. The summed E-state index contributed by atoms with van der Waals surface area (Å²) in [5, 5.41) is 10.9. The quantitative estimate of drug-likeness (QED) is 0.338. The van der Waals surface area contributed by atoms with Gasteiger partial charge in [-0.05, 0) is 12.5 Å². The van der Waals surface area contributed by atoms with Gasteiger partial charge in [0.15, 0.2) is 11.5 Å². The minimum atomic E-state index is -0.475. The molecule has 0 saturated carbocycles. The molecule has 168 valence electrons. The molecular formula is C20H27N5O6. The average Bonchev–Trinajstić information content (AvgIpc) is 2.78. The molecule has 2 heterocycles. The maximum Gasteiger partial charge on any atom is 0.332 e. The van der Waals surface area contributed by atoms with Gasteiger partial charge in [0, 0.05) is 59.0 Å². The highest BCUT2D eigenvalue weighted by Crippen LogP contribution is 2.31. The van der Waals surface area contributed by atoms with Crippen LogP contribution in [0, 0.1) is 10.1 Å². The predicted octanol–water partition coefficient (Wildman–Crippen LogP) is 0.592. The van der Waals surface area contributed by atoms with E-state index in [1.807, 2.05) is 0 Å². The number of aromatic nitrogens is 2. The first-order valence-electron chi connectivity index (χ1n) is 10.0. The van der Waals surface area contributed by atoms with Crippen molar-refractivity contribution in [3.63, 3.8) is 0 Å². The van der Waals surface area contributed by atoms with Crippen LogP contribution in [0.2, 0.25) is 0 Å². The van der Waals surface area contributed by atoms with Gasteiger partial charge in [0.25, 0.3) is 11.2 Å². The lowest BCUT2D eigenvalue weighted by atomic mass is 10.2. The zero-order chi connectivity index (χ0) is 22.5. The van der Waals surface area contributed by atoms with Crippen LogP contribution in [-0.4, -0.2) is 65.4 Å². The van der Waals surface area contributed by atoms with E-state index in [2.05, 4.69) is 9.80 Å². The third kappa shape index (κ3) is 5.05. The number of nitro benzene ring substituents is 1. The van der Waals surface area contributed by atoms with Crippen LogP contribution in [0.4, 0.5) is 11.5 Å². The summed E-state index contributed by atoms with van der Waals surface area (Å²) in [5.41, 5.74) is -0.682. The van der Waals surface area contributed by atoms with Crippen molar-refractivity contribution in [2.45, 2.75) is 6.42 Å². The van der Waals surface area contributed by atoms with Crippen LogP contribution in [0.1, 0.15) is 6.42 Å². The second-order valence-electron chi connectivity index (χ2n) is 7.36. The number of rotatable bonds is 8. The van der Waals surface area contributed by atoms with Gasteiger partial charge in [0.1, 0.15) is 5.82 Å². The van der Waals surface area contributed by atoms with Gasteiger partial charge in [-0.1, -0.05) is 0 Å². The van der Waals surface area contributed by atoms with Gasteiger partial charge in [-0.2, -0.15) is 0 Å². The lowest BCUT2D eigenvalue weighted by Crippen LogP contribution is -2.49. The van der Waals surface area contributed by atoms with E-state index in [-0.39, 0.29) is 16.9 Å². The Bertz CT molecular complexity index is 1060. The molecule has 0 bridgehead atoms. The minimum Gasteiger partial charge on any atom is -0.493 e. The Balaban J connectivity index is 1.48. The van der Waals surface area contributed by atoms with E-state index in [1.165, 1.54) is 36.9 Å². The molecule has 3 rings (SSSR count). The normalized spacial score (nSPS) is 14.5. The van der Waals surface area contributed by atoms with Gasteiger partial charge in [0.05, 0.1) is 24.7 Å². The minimum absolute atomic E-state index is 0.0455. The maximum atomic E-state index is 12.1. The number of hydrogen-bond acceptors (Lipinski definition) is 8. The first-order valence-corrected chi connectivity index (χ1v) is 10.0. The predicted molar refractivity (Wildman–Crippen MR) is 115 cm³/mol. The van der Waals surface area contributed by atoms with Gasteiger partial charge in [0.2, 0.25) is 0 Å². The molecule has 0 atom stereocenters. The number of nitro groups is 1. The van der Waals surface area contributed by atoms with Crippen molar-refractivity contribution < 1.29 is 14.4 Å². The van der Waals surface area contributed by atoms with E-state index >= 15 is 0 Å². The van der Waals surface area contributed by atoms with Gasteiger partial charge < -0.3 is 14.4 Å². The molecule has 11 nitrogen and oxygen atoms in total. The summed E-state index contributed by atoms with van der Waals surface area (Å²) in [6.07, 6.45) is 0.782. The van der Waals surface area contributed by atoms with Crippen molar-refractivity contribution in [3.8, 4) is 11.5 Å². The van der Waals surface area contributed by atoms with Crippen molar-refractivity contribution in [1.82, 2.24) is 14.0 Å². The molecule has 0 aliphatic carbocycles. The van der Waals surface area contributed by atoms with Gasteiger partial charge >= 0.3 is 5.69 Å². The van der Waals surface area contributed by atoms with Crippen LogP contribution in [0.3, 0.4) is 0 Å². The first kappa shape index (κ1) is 22.3. The van der Waals surface area contributed by atoms with E-state index in [0.717, 1.165) is 43.7 Å². The Morgan fingerprint density at radius 1 is 1.03 bits per heavy atom. The molecule has 11 heteroatoms. The highest BCUT2D eigenvalue weighted by atomic mass is 16.6. The van der Waals surface area contributed by atoms with Crippen molar-refractivity contribution in [3.05, 3.63) is 55.2 Å². The number of hydrogen-bond donors (Lipinski definition) is 0. The lowest BCUT2D eigenvalue weighted by molar-refractivity contribution is -0.385. The van der Waals surface area contributed by atoms with Crippen LogP contribution in [-0.2, 0) is 14.1 Å². The van der Waals surface area contributed by atoms with Crippen LogP contribution >= 0.6 is 0 Å². The maximum absolute atomic E-state index is 12.1. The van der Waals surface area contributed by atoms with E-state index in [9.17, 15) is 19.7 Å². The van der Waals surface area contributed by atoms with Gasteiger partial charge in [-0.15, -0.1) is 0 Å². The second-order valence-corrected chi connectivity index (χ2v) is 7.36. The number of methoxy groups -OCH3 is 1. The monoisotopic (exact) mass is 433 g/mol. The zero-order valence-electron chi connectivity index (χ0n) is 17.9. The van der Waals surface area contributed by atoms with Crippen molar-refractivity contribution in [2.24, 2.45) is 14.1 Å². The van der Waals surface area contributed by atoms with Crippen LogP contribution < -0.4 is 25.6 Å². The van der Waals surface area contributed by atoms with E-state index in [0.29, 0.717) is 23.9 Å². The molecule has 1 fully saturated rings. The molecular weight excluding hydrogens is 406 g/mol. The molecule has 0 amide bonds. The fourth-order valence-corrected chi connectivity index (χ4v) is 3.58. The third-order valence-corrected chi connectivity index (χ3v) is 5.43. The highest BCUT2D eigenvalue weighted by molar-refractivity contribution is 5.48. The fourth-order valence-electron chi connectivity index (χ4n) is 3.58. The van der Waals surface area contributed by atoms with Crippen molar-refractivity contribution in [1.29, 1.82) is 0 Å². The standard InChI is InChI=1S/C20H27N5O6/c1-21-18(14-19(26)22(2)20(21)27)24-10-8-23(9-11-24)7-4-12-31-16-6-5-15(25(28)29)13-17(16)30-3/h5-6,13-14H,4,7-12H2,1-3H3. The summed E-state index contributed by atoms with van der Waals surface area (Å²) < 4.78 is 13.5. The molecule has 31 heavy (non-hydrogen) atoms. The highest BCUT2D eigenvalue weighted by Gasteiger charge is 2.20. The van der Waals surface area contributed by atoms with E-state index in [4.69, 9.17) is 9.47 Å². The number of ether oxygens (including phenoxy) is 2. The number of nitrogens with zero attached hydrogens (tertiary/aromatic N) is 5. The Kier molecular flexibility index (Phi) is 6.95. The number of piperazine rings is 1. The molecule has 0 N–H and O–H groups in total. The second kappa shape index (κ2) is 9.65. The zero-order valence-corrected chi connectivity index (χ0v) is 17.9. The van der Waals surface area contributed by atoms with Crippen molar-refractivity contribution in [2.75, 3.05) is 51.3 Å². The molecule has 1 saturated heterocycles. The van der Waals surface area contributed by atoms with Crippen LogP contribution in [0.15, 0.2) is 33.9 Å². The van der Waals surface area contributed by atoms with E-state index < -0.39 is 4.92 Å². The van der Waals surface area contributed by atoms with Crippen LogP contribution in [0.25, 0.3) is 0 Å². The number of anilines is 1. The van der Waals surface area contributed by atoms with Crippen molar-refractivity contribution >= 4 is 11.5 Å². The number of benzene rings is 1. The molecule has 1 aliphatic rings. The average molecular weight is 433 g/mol. The number of non-ortho nitro benzene ring substituents is 1.